The van der Waals surface area contributed by atoms with Crippen molar-refractivity contribution in [3.05, 3.63) is 144 Å². The highest BCUT2D eigenvalue weighted by atomic mass is 31.1. The fourth-order valence-electron chi connectivity index (χ4n) is 4.51. The van der Waals surface area contributed by atoms with Crippen LogP contribution in [0.2, 0.25) is 0 Å². The molecule has 0 N–H and O–H groups in total. The zero-order valence-corrected chi connectivity index (χ0v) is 21.2. The molecule has 0 nitrogen and oxygen atoms in total. The third-order valence-corrected chi connectivity index (χ3v) is 10.8. The molecule has 2 heteroatoms. The van der Waals surface area contributed by atoms with Crippen molar-refractivity contribution in [1.29, 1.82) is 0 Å². The first-order valence-corrected chi connectivity index (χ1v) is 14.9. The molecule has 1 saturated carbocycles. The molecular formula is C32H30P2. The largest absolute Gasteiger partial charge is 0.0622 e. The SMILES string of the molecule is C(=C1/CCCC/C1=C\P(c1ccccc1)c1ccccc1)/P(c1ccccc1)c1ccccc1. The molecule has 1 fully saturated rings. The van der Waals surface area contributed by atoms with Crippen LogP contribution in [-0.2, 0) is 0 Å². The molecule has 1 aliphatic rings. The van der Waals surface area contributed by atoms with E-state index in [-0.39, 0.29) is 0 Å². The molecule has 0 spiro atoms. The van der Waals surface area contributed by atoms with Gasteiger partial charge in [-0.2, -0.15) is 0 Å². The third-order valence-electron chi connectivity index (χ3n) is 6.26. The van der Waals surface area contributed by atoms with Gasteiger partial charge in [0.25, 0.3) is 0 Å². The molecule has 0 atom stereocenters. The van der Waals surface area contributed by atoms with E-state index in [0.717, 1.165) is 0 Å². The Morgan fingerprint density at radius 2 is 0.647 bits per heavy atom. The molecule has 1 aliphatic carbocycles. The predicted octanol–water partition coefficient (Wildman–Crippen LogP) is 7.59. The standard InChI is InChI=1S/C32H30P2/c1-5-17-29(18-6-1)33(30-19-7-2-8-20-30)25-27-15-13-14-16-28(27)26-34(31-21-9-3-10-22-31)32-23-11-4-12-24-32/h1-12,17-26H,13-16H2/b27-25+,28-26+. The highest BCUT2D eigenvalue weighted by Crippen LogP contribution is 2.45. The van der Waals surface area contributed by atoms with Crippen LogP contribution in [0.25, 0.3) is 0 Å². The maximum Gasteiger partial charge on any atom is -0.0157 e. The first-order valence-electron chi connectivity index (χ1n) is 12.1. The topological polar surface area (TPSA) is 0 Å². The first kappa shape index (κ1) is 23.0. The van der Waals surface area contributed by atoms with Crippen molar-refractivity contribution in [3.63, 3.8) is 0 Å². The molecule has 0 heterocycles. The minimum atomic E-state index is -0.530. The predicted molar refractivity (Wildman–Crippen MR) is 153 cm³/mol. The van der Waals surface area contributed by atoms with Gasteiger partial charge in [-0.05, 0) is 85.5 Å². The third kappa shape index (κ3) is 5.64. The summed E-state index contributed by atoms with van der Waals surface area (Å²) in [6, 6.07) is 44.2. The van der Waals surface area contributed by atoms with E-state index >= 15 is 0 Å². The summed E-state index contributed by atoms with van der Waals surface area (Å²) >= 11 is 0. The Bertz CT molecular complexity index is 1050. The Morgan fingerprint density at radius 3 is 0.912 bits per heavy atom. The number of rotatable bonds is 6. The summed E-state index contributed by atoms with van der Waals surface area (Å²) in [4.78, 5) is 0. The van der Waals surface area contributed by atoms with Crippen LogP contribution in [0, 0.1) is 0 Å². The van der Waals surface area contributed by atoms with Crippen LogP contribution in [0.3, 0.4) is 0 Å². The van der Waals surface area contributed by atoms with Crippen molar-refractivity contribution in [2.75, 3.05) is 0 Å². The van der Waals surface area contributed by atoms with Gasteiger partial charge in [-0.3, -0.25) is 0 Å². The normalized spacial score (nSPS) is 16.4. The zero-order valence-electron chi connectivity index (χ0n) is 19.4. The molecule has 0 aromatic heterocycles. The number of benzene rings is 4. The van der Waals surface area contributed by atoms with Gasteiger partial charge >= 0.3 is 0 Å². The lowest BCUT2D eigenvalue weighted by molar-refractivity contribution is 0.681. The summed E-state index contributed by atoms with van der Waals surface area (Å²) in [5.41, 5.74) is 3.12. The Kier molecular flexibility index (Phi) is 7.82. The number of allylic oxidation sites excluding steroid dienone is 2. The van der Waals surface area contributed by atoms with E-state index < -0.39 is 15.8 Å². The number of hydrogen-bond acceptors (Lipinski definition) is 0. The highest BCUT2D eigenvalue weighted by molar-refractivity contribution is 7.76. The second-order valence-corrected chi connectivity index (χ2v) is 12.7. The average Bonchev–Trinajstić information content (AvgIpc) is 2.93. The average molecular weight is 477 g/mol. The maximum atomic E-state index is 2.62. The summed E-state index contributed by atoms with van der Waals surface area (Å²) in [6.07, 6.45) is 4.92. The summed E-state index contributed by atoms with van der Waals surface area (Å²) in [7, 11) is -1.06. The Morgan fingerprint density at radius 1 is 0.382 bits per heavy atom. The summed E-state index contributed by atoms with van der Waals surface area (Å²) in [6.45, 7) is 0. The van der Waals surface area contributed by atoms with Gasteiger partial charge in [0, 0.05) is 0 Å². The van der Waals surface area contributed by atoms with Crippen LogP contribution in [0.4, 0.5) is 0 Å². The zero-order chi connectivity index (χ0) is 23.0. The van der Waals surface area contributed by atoms with Gasteiger partial charge in [0.2, 0.25) is 0 Å². The van der Waals surface area contributed by atoms with Crippen molar-refractivity contribution in [1.82, 2.24) is 0 Å². The molecule has 0 bridgehead atoms. The summed E-state index contributed by atoms with van der Waals surface area (Å²) in [5, 5.41) is 5.70. The lowest BCUT2D eigenvalue weighted by Gasteiger charge is -2.24. The fourth-order valence-corrected chi connectivity index (χ4v) is 8.89. The van der Waals surface area contributed by atoms with Gasteiger partial charge in [-0.15, -0.1) is 0 Å². The molecule has 168 valence electrons. The van der Waals surface area contributed by atoms with Gasteiger partial charge in [-0.1, -0.05) is 121 Å². The lowest BCUT2D eigenvalue weighted by Crippen LogP contribution is -2.12. The molecule has 0 aliphatic heterocycles. The van der Waals surface area contributed by atoms with Crippen LogP contribution < -0.4 is 21.2 Å². The van der Waals surface area contributed by atoms with Crippen molar-refractivity contribution in [2.24, 2.45) is 0 Å². The Labute approximate surface area is 206 Å². The molecule has 0 radical (unpaired) electrons. The van der Waals surface area contributed by atoms with E-state index in [0.29, 0.717) is 0 Å². The van der Waals surface area contributed by atoms with Crippen LogP contribution in [-0.4, -0.2) is 0 Å². The molecule has 5 rings (SSSR count). The van der Waals surface area contributed by atoms with E-state index in [1.807, 2.05) is 0 Å². The molecule has 34 heavy (non-hydrogen) atoms. The van der Waals surface area contributed by atoms with Crippen LogP contribution in [0.15, 0.2) is 144 Å². The van der Waals surface area contributed by atoms with Gasteiger partial charge in [0.05, 0.1) is 0 Å². The smallest absolute Gasteiger partial charge is 0.0157 e. The Balaban J connectivity index is 1.58. The van der Waals surface area contributed by atoms with Crippen molar-refractivity contribution >= 4 is 37.1 Å². The first-order chi connectivity index (χ1) is 16.9. The fraction of sp³-hybridized carbons (Fsp3) is 0.125. The Hall–Kier alpha value is -2.78. The van der Waals surface area contributed by atoms with Crippen LogP contribution >= 0.6 is 15.8 Å². The molecular weight excluding hydrogens is 446 g/mol. The minimum Gasteiger partial charge on any atom is -0.0622 e. The van der Waals surface area contributed by atoms with Crippen LogP contribution in [0.5, 0.6) is 0 Å². The van der Waals surface area contributed by atoms with E-state index in [9.17, 15) is 0 Å². The van der Waals surface area contributed by atoms with Crippen LogP contribution in [0.1, 0.15) is 25.7 Å². The van der Waals surface area contributed by atoms with E-state index in [1.54, 1.807) is 11.1 Å². The van der Waals surface area contributed by atoms with E-state index in [1.165, 1.54) is 46.9 Å². The van der Waals surface area contributed by atoms with Gasteiger partial charge < -0.3 is 0 Å². The van der Waals surface area contributed by atoms with Crippen molar-refractivity contribution in [2.45, 2.75) is 25.7 Å². The monoisotopic (exact) mass is 476 g/mol. The molecule has 0 saturated heterocycles. The summed E-state index contributed by atoms with van der Waals surface area (Å²) < 4.78 is 0. The van der Waals surface area contributed by atoms with Gasteiger partial charge in [-0.25, -0.2) is 0 Å². The highest BCUT2D eigenvalue weighted by Gasteiger charge is 2.19. The number of hydrogen-bond donors (Lipinski definition) is 0. The quantitative estimate of drug-likeness (QED) is 0.252. The van der Waals surface area contributed by atoms with Gasteiger partial charge in [0.15, 0.2) is 0 Å². The maximum absolute atomic E-state index is 2.62. The van der Waals surface area contributed by atoms with E-state index in [2.05, 4.69) is 133 Å². The molecule has 0 unspecified atom stereocenters. The minimum absolute atomic E-state index is 0.530. The molecule has 4 aromatic carbocycles. The van der Waals surface area contributed by atoms with Crippen molar-refractivity contribution in [3.8, 4) is 0 Å². The molecule has 4 aromatic rings. The second-order valence-electron chi connectivity index (χ2n) is 8.60. The summed E-state index contributed by atoms with van der Waals surface area (Å²) in [5.74, 6) is 5.24. The van der Waals surface area contributed by atoms with Gasteiger partial charge in [0.1, 0.15) is 0 Å². The molecule has 0 amide bonds. The second kappa shape index (κ2) is 11.6. The lowest BCUT2D eigenvalue weighted by atomic mass is 9.92. The van der Waals surface area contributed by atoms with Crippen molar-refractivity contribution < 1.29 is 0 Å². The van der Waals surface area contributed by atoms with E-state index in [4.69, 9.17) is 0 Å².